The minimum Gasteiger partial charge on any atom is -0.395 e. The van der Waals surface area contributed by atoms with Crippen molar-refractivity contribution in [3.63, 3.8) is 0 Å². The Labute approximate surface area is 118 Å². The molecule has 0 aromatic carbocycles. The van der Waals surface area contributed by atoms with Gasteiger partial charge in [0.1, 0.15) is 4.88 Å². The Bertz CT molecular complexity index is 459. The zero-order chi connectivity index (χ0) is 14.1. The van der Waals surface area contributed by atoms with E-state index in [4.69, 9.17) is 9.84 Å². The zero-order valence-corrected chi connectivity index (χ0v) is 12.1. The lowest BCUT2D eigenvalue weighted by molar-refractivity contribution is 0.0714. The van der Waals surface area contributed by atoms with Gasteiger partial charge < -0.3 is 14.7 Å². The summed E-state index contributed by atoms with van der Waals surface area (Å²) in [5.41, 5.74) is 0.728. The molecule has 0 bridgehead atoms. The summed E-state index contributed by atoms with van der Waals surface area (Å²) in [6.07, 6.45) is 0.420. The Morgan fingerprint density at radius 3 is 3.05 bits per heavy atom. The molecule has 0 spiro atoms. The van der Waals surface area contributed by atoms with Gasteiger partial charge in [0.05, 0.1) is 13.2 Å². The number of ether oxygens (including phenoxy) is 1. The first-order chi connectivity index (χ1) is 9.20. The van der Waals surface area contributed by atoms with Crippen molar-refractivity contribution in [2.75, 3.05) is 33.4 Å². The number of likely N-dealkylation sites (N-methyl/N-ethyl adjacent to an activating group) is 1. The van der Waals surface area contributed by atoms with Gasteiger partial charge in [-0.25, -0.2) is 0 Å². The molecule has 1 N–H and O–H groups in total. The van der Waals surface area contributed by atoms with Gasteiger partial charge >= 0.3 is 0 Å². The predicted molar refractivity (Wildman–Crippen MR) is 76.4 cm³/mol. The molecule has 1 aromatic heterocycles. The first-order valence-electron chi connectivity index (χ1n) is 6.21. The molecule has 0 fully saturated rings. The average molecular weight is 281 g/mol. The molecule has 19 heavy (non-hydrogen) atoms. The van der Waals surface area contributed by atoms with E-state index in [0.29, 0.717) is 31.1 Å². The van der Waals surface area contributed by atoms with Crippen LogP contribution in [0.1, 0.15) is 28.6 Å². The highest BCUT2D eigenvalue weighted by molar-refractivity contribution is 7.12. The summed E-state index contributed by atoms with van der Waals surface area (Å²) < 4.78 is 5.24. The van der Waals surface area contributed by atoms with E-state index < -0.39 is 0 Å². The molecule has 5 heteroatoms. The number of aliphatic hydroxyl groups is 1. The highest BCUT2D eigenvalue weighted by atomic mass is 32.1. The quantitative estimate of drug-likeness (QED) is 0.636. The molecule has 104 valence electrons. The summed E-state index contributed by atoms with van der Waals surface area (Å²) in [4.78, 5) is 14.5. The normalized spacial score (nSPS) is 9.84. The molecule has 1 aromatic rings. The fraction of sp³-hybridized carbons (Fsp3) is 0.500. The number of amides is 1. The number of carbonyl (C=O) groups is 1. The minimum atomic E-state index is -0.0389. The fourth-order valence-corrected chi connectivity index (χ4v) is 2.25. The number of nitrogens with zero attached hydrogens (tertiary/aromatic N) is 1. The Kier molecular flexibility index (Phi) is 7.19. The van der Waals surface area contributed by atoms with E-state index in [9.17, 15) is 4.79 Å². The molecule has 0 saturated heterocycles. The number of thiophene rings is 1. The van der Waals surface area contributed by atoms with E-state index in [-0.39, 0.29) is 12.5 Å². The predicted octanol–water partition coefficient (Wildman–Crippen LogP) is 1.59. The van der Waals surface area contributed by atoms with E-state index in [1.54, 1.807) is 11.9 Å². The van der Waals surface area contributed by atoms with Crippen molar-refractivity contribution >= 4 is 17.2 Å². The van der Waals surface area contributed by atoms with E-state index in [0.717, 1.165) is 5.56 Å². The maximum Gasteiger partial charge on any atom is 0.265 e. The molecule has 0 aliphatic carbocycles. The van der Waals surface area contributed by atoms with Crippen LogP contribution < -0.4 is 0 Å². The van der Waals surface area contributed by atoms with Gasteiger partial charge in [0, 0.05) is 32.2 Å². The van der Waals surface area contributed by atoms with Crippen molar-refractivity contribution < 1.29 is 14.6 Å². The third-order valence-electron chi connectivity index (χ3n) is 2.44. The van der Waals surface area contributed by atoms with Gasteiger partial charge in [-0.2, -0.15) is 0 Å². The van der Waals surface area contributed by atoms with Gasteiger partial charge in [-0.1, -0.05) is 11.8 Å². The average Bonchev–Trinajstić information content (AvgIpc) is 2.86. The molecule has 4 nitrogen and oxygen atoms in total. The summed E-state index contributed by atoms with van der Waals surface area (Å²) in [7, 11) is 1.76. The number of hydrogen-bond donors (Lipinski definition) is 1. The second-order valence-corrected chi connectivity index (χ2v) is 4.78. The number of rotatable bonds is 6. The summed E-state index contributed by atoms with van der Waals surface area (Å²) in [6, 6.07) is 1.83. The molecule has 0 unspecified atom stereocenters. The summed E-state index contributed by atoms with van der Waals surface area (Å²) in [5, 5.41) is 10.5. The standard InChI is InChI=1S/C14H19NO3S/c1-3-18-10-8-15(2)14(17)13-12(7-11-19-13)6-4-5-9-16/h7,11,16H,3,5,8-10H2,1-2H3. The highest BCUT2D eigenvalue weighted by Gasteiger charge is 2.16. The van der Waals surface area contributed by atoms with Gasteiger partial charge in [-0.15, -0.1) is 11.3 Å². The second kappa shape index (κ2) is 8.70. The van der Waals surface area contributed by atoms with Gasteiger partial charge in [-0.3, -0.25) is 4.79 Å². The lowest BCUT2D eigenvalue weighted by Crippen LogP contribution is -2.30. The third kappa shape index (κ3) is 5.03. The summed E-state index contributed by atoms with van der Waals surface area (Å²) in [5.74, 6) is 5.72. The summed E-state index contributed by atoms with van der Waals surface area (Å²) in [6.45, 7) is 3.72. The first kappa shape index (κ1) is 15.7. The topological polar surface area (TPSA) is 49.8 Å². The van der Waals surface area contributed by atoms with Crippen LogP contribution >= 0.6 is 11.3 Å². The molecule has 1 amide bonds. The zero-order valence-electron chi connectivity index (χ0n) is 11.3. The molecular weight excluding hydrogens is 262 g/mol. The second-order valence-electron chi connectivity index (χ2n) is 3.86. The largest absolute Gasteiger partial charge is 0.395 e. The van der Waals surface area contributed by atoms with Crippen molar-refractivity contribution in [2.45, 2.75) is 13.3 Å². The van der Waals surface area contributed by atoms with Crippen molar-refractivity contribution in [1.29, 1.82) is 0 Å². The number of carbonyl (C=O) groups excluding carboxylic acids is 1. The van der Waals surface area contributed by atoms with E-state index in [1.165, 1.54) is 11.3 Å². The summed E-state index contributed by atoms with van der Waals surface area (Å²) >= 11 is 1.39. The van der Waals surface area contributed by atoms with Crippen molar-refractivity contribution in [1.82, 2.24) is 4.90 Å². The smallest absolute Gasteiger partial charge is 0.265 e. The van der Waals surface area contributed by atoms with Crippen LogP contribution in [0.25, 0.3) is 0 Å². The lowest BCUT2D eigenvalue weighted by atomic mass is 10.2. The Hall–Kier alpha value is -1.35. The fourth-order valence-electron chi connectivity index (χ4n) is 1.41. The third-order valence-corrected chi connectivity index (χ3v) is 3.34. The Morgan fingerprint density at radius 1 is 1.58 bits per heavy atom. The van der Waals surface area contributed by atoms with Crippen LogP contribution in [0.4, 0.5) is 0 Å². The van der Waals surface area contributed by atoms with Crippen LogP contribution in [0.3, 0.4) is 0 Å². The highest BCUT2D eigenvalue weighted by Crippen LogP contribution is 2.17. The van der Waals surface area contributed by atoms with Crippen molar-refractivity contribution in [3.05, 3.63) is 21.9 Å². The molecular formula is C14H19NO3S. The molecule has 0 aliphatic rings. The van der Waals surface area contributed by atoms with Crippen LogP contribution in [0.2, 0.25) is 0 Å². The first-order valence-corrected chi connectivity index (χ1v) is 7.09. The molecule has 0 saturated carbocycles. The molecule has 0 atom stereocenters. The van der Waals surface area contributed by atoms with Gasteiger partial charge in [0.25, 0.3) is 5.91 Å². The van der Waals surface area contributed by atoms with Gasteiger partial charge in [0.2, 0.25) is 0 Å². The van der Waals surface area contributed by atoms with E-state index in [2.05, 4.69) is 11.8 Å². The Morgan fingerprint density at radius 2 is 2.37 bits per heavy atom. The van der Waals surface area contributed by atoms with Crippen LogP contribution in [-0.4, -0.2) is 49.3 Å². The lowest BCUT2D eigenvalue weighted by Gasteiger charge is -2.16. The SMILES string of the molecule is CCOCCN(C)C(=O)c1sccc1C#CCCO. The van der Waals surface area contributed by atoms with Crippen LogP contribution in [0, 0.1) is 11.8 Å². The van der Waals surface area contributed by atoms with Gasteiger partial charge in [-0.05, 0) is 18.4 Å². The van der Waals surface area contributed by atoms with E-state index in [1.807, 2.05) is 18.4 Å². The van der Waals surface area contributed by atoms with E-state index >= 15 is 0 Å². The molecule has 1 heterocycles. The monoisotopic (exact) mass is 281 g/mol. The van der Waals surface area contributed by atoms with Crippen molar-refractivity contribution in [2.24, 2.45) is 0 Å². The van der Waals surface area contributed by atoms with Crippen LogP contribution in [-0.2, 0) is 4.74 Å². The molecule has 0 radical (unpaired) electrons. The number of aliphatic hydroxyl groups excluding tert-OH is 1. The Balaban J connectivity index is 2.67. The van der Waals surface area contributed by atoms with Crippen LogP contribution in [0.15, 0.2) is 11.4 Å². The molecule has 0 aliphatic heterocycles. The van der Waals surface area contributed by atoms with Gasteiger partial charge in [0.15, 0.2) is 0 Å². The van der Waals surface area contributed by atoms with Crippen LogP contribution in [0.5, 0.6) is 0 Å². The minimum absolute atomic E-state index is 0.0364. The number of hydrogen-bond acceptors (Lipinski definition) is 4. The maximum absolute atomic E-state index is 12.2. The molecule has 1 rings (SSSR count). The van der Waals surface area contributed by atoms with Crippen molar-refractivity contribution in [3.8, 4) is 11.8 Å². The maximum atomic E-state index is 12.2.